The Balaban J connectivity index is 2.24. The number of rotatable bonds is 2. The zero-order valence-corrected chi connectivity index (χ0v) is 13.1. The van der Waals surface area contributed by atoms with Gasteiger partial charge in [0.1, 0.15) is 0 Å². The molecule has 3 aromatic rings. The molecule has 0 atom stereocenters. The molecule has 0 amide bonds. The smallest absolute Gasteiger partial charge is 0.193 e. The lowest BCUT2D eigenvalue weighted by atomic mass is 10.0. The van der Waals surface area contributed by atoms with E-state index < -0.39 is 0 Å². The minimum absolute atomic E-state index is 0.0239. The Hall–Kier alpha value is -2.07. The zero-order chi connectivity index (χ0) is 15.0. The van der Waals surface area contributed by atoms with Gasteiger partial charge in [0.25, 0.3) is 0 Å². The maximum atomic E-state index is 12.7. The fraction of sp³-hybridized carbons (Fsp3) is 0.118. The average molecular weight is 344 g/mol. The molecular formula is C17H14BrNO2. The molecule has 2 aromatic carbocycles. The predicted octanol–water partition coefficient (Wildman–Crippen LogP) is 3.90. The molecule has 0 saturated carbocycles. The van der Waals surface area contributed by atoms with Gasteiger partial charge in [-0.15, -0.1) is 0 Å². The van der Waals surface area contributed by atoms with E-state index in [-0.39, 0.29) is 5.43 Å². The van der Waals surface area contributed by atoms with Crippen LogP contribution in [0.4, 0.5) is 0 Å². The number of hydrogen-bond donors (Lipinski definition) is 1. The monoisotopic (exact) mass is 343 g/mol. The molecule has 21 heavy (non-hydrogen) atoms. The van der Waals surface area contributed by atoms with Crippen LogP contribution in [0, 0.1) is 6.92 Å². The number of fused-ring (bicyclic) bond motifs is 1. The molecule has 0 spiro atoms. The molecule has 0 aliphatic rings. The molecule has 0 bridgehead atoms. The van der Waals surface area contributed by atoms with Gasteiger partial charge in [-0.25, -0.2) is 0 Å². The molecule has 0 unspecified atom stereocenters. The average Bonchev–Trinajstić information content (AvgIpc) is 2.51. The third kappa shape index (κ3) is 2.36. The van der Waals surface area contributed by atoms with Gasteiger partial charge in [-0.2, -0.15) is 4.73 Å². The maximum absolute atomic E-state index is 12.7. The van der Waals surface area contributed by atoms with E-state index in [4.69, 9.17) is 0 Å². The van der Waals surface area contributed by atoms with Gasteiger partial charge in [0.05, 0.1) is 11.2 Å². The summed E-state index contributed by atoms with van der Waals surface area (Å²) in [5, 5.41) is 10.8. The van der Waals surface area contributed by atoms with E-state index >= 15 is 0 Å². The summed E-state index contributed by atoms with van der Waals surface area (Å²) in [6.07, 6.45) is 0.484. The summed E-state index contributed by atoms with van der Waals surface area (Å²) in [5.74, 6) is 0. The second-order valence-corrected chi connectivity index (χ2v) is 5.84. The summed E-state index contributed by atoms with van der Waals surface area (Å²) in [4.78, 5) is 12.7. The molecule has 4 heteroatoms. The molecule has 0 aliphatic heterocycles. The van der Waals surface area contributed by atoms with Crippen molar-refractivity contribution >= 4 is 26.8 Å². The second-order valence-electron chi connectivity index (χ2n) is 4.99. The number of hydrogen-bond acceptors (Lipinski definition) is 2. The van der Waals surface area contributed by atoms with Crippen LogP contribution in [0.15, 0.2) is 57.8 Å². The number of aromatic nitrogens is 1. The molecule has 0 aliphatic carbocycles. The van der Waals surface area contributed by atoms with Crippen molar-refractivity contribution < 1.29 is 5.21 Å². The lowest BCUT2D eigenvalue weighted by Crippen LogP contribution is -2.18. The minimum atomic E-state index is -0.0239. The quantitative estimate of drug-likeness (QED) is 0.717. The van der Waals surface area contributed by atoms with E-state index in [1.54, 1.807) is 31.2 Å². The summed E-state index contributed by atoms with van der Waals surface area (Å²) in [6.45, 7) is 1.76. The molecular weight excluding hydrogens is 330 g/mol. The van der Waals surface area contributed by atoms with Gasteiger partial charge in [-0.3, -0.25) is 4.79 Å². The van der Waals surface area contributed by atoms with Gasteiger partial charge < -0.3 is 5.21 Å². The summed E-state index contributed by atoms with van der Waals surface area (Å²) in [5.41, 5.74) is 2.73. The SMILES string of the molecule is Cc1c(Cc2ccccc2Br)c(=O)c2ccccc2n1O. The van der Waals surface area contributed by atoms with E-state index in [9.17, 15) is 10.0 Å². The summed E-state index contributed by atoms with van der Waals surface area (Å²) in [7, 11) is 0. The first kappa shape index (κ1) is 13.9. The fourth-order valence-corrected chi connectivity index (χ4v) is 2.95. The normalized spacial score (nSPS) is 11.0. The fourth-order valence-electron chi connectivity index (χ4n) is 2.53. The van der Waals surface area contributed by atoms with E-state index in [1.807, 2.05) is 24.3 Å². The Morgan fingerprint density at radius 1 is 1.10 bits per heavy atom. The lowest BCUT2D eigenvalue weighted by Gasteiger charge is -2.13. The molecule has 3 rings (SSSR count). The van der Waals surface area contributed by atoms with Crippen molar-refractivity contribution in [1.29, 1.82) is 0 Å². The third-order valence-electron chi connectivity index (χ3n) is 3.73. The summed E-state index contributed by atoms with van der Waals surface area (Å²) >= 11 is 3.50. The first-order valence-corrected chi connectivity index (χ1v) is 7.45. The van der Waals surface area contributed by atoms with Crippen LogP contribution in [0.2, 0.25) is 0 Å². The highest BCUT2D eigenvalue weighted by molar-refractivity contribution is 9.10. The van der Waals surface area contributed by atoms with E-state index in [2.05, 4.69) is 15.9 Å². The summed E-state index contributed by atoms with van der Waals surface area (Å²) in [6, 6.07) is 14.9. The zero-order valence-electron chi connectivity index (χ0n) is 11.5. The number of nitrogens with zero attached hydrogens (tertiary/aromatic N) is 1. The Kier molecular flexibility index (Phi) is 3.55. The maximum Gasteiger partial charge on any atom is 0.193 e. The van der Waals surface area contributed by atoms with Gasteiger partial charge in [0, 0.05) is 21.8 Å². The second kappa shape index (κ2) is 5.37. The standard InChI is InChI=1S/C17H14BrNO2/c1-11-14(10-12-6-2-4-8-15(12)18)17(20)13-7-3-5-9-16(13)19(11)21/h2-9,21H,10H2,1H3. The van der Waals surface area contributed by atoms with E-state index in [1.165, 1.54) is 0 Å². The third-order valence-corrected chi connectivity index (χ3v) is 4.50. The Bertz CT molecular complexity index is 884. The van der Waals surface area contributed by atoms with Crippen LogP contribution >= 0.6 is 15.9 Å². The van der Waals surface area contributed by atoms with Crippen molar-refractivity contribution in [2.45, 2.75) is 13.3 Å². The van der Waals surface area contributed by atoms with Crippen molar-refractivity contribution in [2.75, 3.05) is 0 Å². The number of para-hydroxylation sites is 1. The van der Waals surface area contributed by atoms with Gasteiger partial charge >= 0.3 is 0 Å². The first-order valence-electron chi connectivity index (χ1n) is 6.65. The molecule has 1 heterocycles. The highest BCUT2D eigenvalue weighted by Gasteiger charge is 2.14. The van der Waals surface area contributed by atoms with Crippen LogP contribution in [0.25, 0.3) is 10.9 Å². The Labute approximate surface area is 130 Å². The van der Waals surface area contributed by atoms with Crippen molar-refractivity contribution in [3.05, 3.63) is 80.0 Å². The molecule has 106 valence electrons. The predicted molar refractivity (Wildman–Crippen MR) is 87.1 cm³/mol. The van der Waals surface area contributed by atoms with Gasteiger partial charge in [0.2, 0.25) is 0 Å². The van der Waals surface area contributed by atoms with Crippen LogP contribution in [-0.2, 0) is 6.42 Å². The first-order chi connectivity index (χ1) is 10.1. The van der Waals surface area contributed by atoms with Crippen molar-refractivity contribution in [3.8, 4) is 0 Å². The number of halogens is 1. The van der Waals surface area contributed by atoms with Crippen molar-refractivity contribution in [3.63, 3.8) is 0 Å². The minimum Gasteiger partial charge on any atom is -0.428 e. The van der Waals surface area contributed by atoms with E-state index in [0.29, 0.717) is 28.6 Å². The van der Waals surface area contributed by atoms with Crippen LogP contribution in [0.3, 0.4) is 0 Å². The van der Waals surface area contributed by atoms with Gasteiger partial charge in [0.15, 0.2) is 5.43 Å². The molecule has 3 nitrogen and oxygen atoms in total. The van der Waals surface area contributed by atoms with Crippen LogP contribution in [-0.4, -0.2) is 9.94 Å². The van der Waals surface area contributed by atoms with Crippen LogP contribution in [0.5, 0.6) is 0 Å². The van der Waals surface area contributed by atoms with Crippen LogP contribution in [0.1, 0.15) is 16.8 Å². The molecule has 0 radical (unpaired) electrons. The number of benzene rings is 2. The van der Waals surface area contributed by atoms with Crippen molar-refractivity contribution in [2.24, 2.45) is 0 Å². The molecule has 0 fully saturated rings. The highest BCUT2D eigenvalue weighted by Crippen LogP contribution is 2.21. The van der Waals surface area contributed by atoms with Crippen molar-refractivity contribution in [1.82, 2.24) is 4.73 Å². The van der Waals surface area contributed by atoms with Gasteiger partial charge in [-0.05, 0) is 30.7 Å². The molecule has 1 aromatic heterocycles. The topological polar surface area (TPSA) is 42.2 Å². The largest absolute Gasteiger partial charge is 0.428 e. The Morgan fingerprint density at radius 2 is 1.76 bits per heavy atom. The van der Waals surface area contributed by atoms with Crippen LogP contribution < -0.4 is 5.43 Å². The van der Waals surface area contributed by atoms with Gasteiger partial charge in [-0.1, -0.05) is 46.3 Å². The summed E-state index contributed by atoms with van der Waals surface area (Å²) < 4.78 is 2.06. The highest BCUT2D eigenvalue weighted by atomic mass is 79.9. The molecule has 0 saturated heterocycles. The molecule has 1 N–H and O–H groups in total. The lowest BCUT2D eigenvalue weighted by molar-refractivity contribution is 0.190. The number of pyridine rings is 1. The Morgan fingerprint density at radius 3 is 2.52 bits per heavy atom. The van der Waals surface area contributed by atoms with E-state index in [0.717, 1.165) is 14.8 Å².